The number of H-pyrrole nitrogens is 1. The average molecular weight is 317 g/mol. The summed E-state index contributed by atoms with van der Waals surface area (Å²) in [4.78, 5) is 29.9. The number of fused-ring (bicyclic) bond motifs is 1. The van der Waals surface area contributed by atoms with E-state index in [-0.39, 0.29) is 12.5 Å². The van der Waals surface area contributed by atoms with Crippen LogP contribution in [-0.2, 0) is 16.1 Å². The summed E-state index contributed by atoms with van der Waals surface area (Å²) in [5.41, 5.74) is 5.18. The number of hydrogen-bond donors (Lipinski definition) is 3. The third-order valence-corrected chi connectivity index (χ3v) is 3.52. The molecular formula is C16H23N5O2. The number of nitrogens with zero attached hydrogens (tertiary/aromatic N) is 2. The van der Waals surface area contributed by atoms with Gasteiger partial charge in [0.1, 0.15) is 6.29 Å². The summed E-state index contributed by atoms with van der Waals surface area (Å²) in [6.07, 6.45) is 6.56. The van der Waals surface area contributed by atoms with Crippen LogP contribution in [0.4, 0.5) is 0 Å². The number of aromatic nitrogens is 2. The van der Waals surface area contributed by atoms with Crippen molar-refractivity contribution in [2.45, 2.75) is 25.8 Å². The van der Waals surface area contributed by atoms with E-state index < -0.39 is 0 Å². The van der Waals surface area contributed by atoms with Crippen molar-refractivity contribution < 1.29 is 9.59 Å². The number of likely N-dealkylation sites (N-methyl/N-ethyl adjacent to an activating group) is 1. The minimum Gasteiger partial charge on any atom is -0.357 e. The zero-order valence-electron chi connectivity index (χ0n) is 13.3. The van der Waals surface area contributed by atoms with Gasteiger partial charge in [0.2, 0.25) is 0 Å². The number of hydrazine groups is 1. The molecule has 2 heterocycles. The Morgan fingerprint density at radius 1 is 1.43 bits per heavy atom. The van der Waals surface area contributed by atoms with Crippen LogP contribution in [0.3, 0.4) is 0 Å². The first-order chi connectivity index (χ1) is 11.2. The van der Waals surface area contributed by atoms with Gasteiger partial charge in [-0.25, -0.2) is 5.43 Å². The van der Waals surface area contributed by atoms with Crippen LogP contribution in [0, 0.1) is 0 Å². The Kier molecular flexibility index (Phi) is 6.71. The van der Waals surface area contributed by atoms with Gasteiger partial charge in [-0.2, -0.15) is 0 Å². The Balaban J connectivity index is 1.92. The van der Waals surface area contributed by atoms with Gasteiger partial charge in [-0.15, -0.1) is 0 Å². The van der Waals surface area contributed by atoms with E-state index >= 15 is 0 Å². The van der Waals surface area contributed by atoms with Crippen molar-refractivity contribution in [3.8, 4) is 0 Å². The minimum atomic E-state index is -0.0172. The lowest BCUT2D eigenvalue weighted by Gasteiger charge is -2.23. The molecule has 0 radical (unpaired) electrons. The van der Waals surface area contributed by atoms with E-state index in [1.807, 2.05) is 12.1 Å². The summed E-state index contributed by atoms with van der Waals surface area (Å²) in [5.74, 6) is -0.0172. The molecule has 0 aliphatic rings. The van der Waals surface area contributed by atoms with Gasteiger partial charge in [0, 0.05) is 42.0 Å². The maximum atomic E-state index is 12.1. The van der Waals surface area contributed by atoms with E-state index in [2.05, 4.69) is 20.7 Å². The average Bonchev–Trinajstić information content (AvgIpc) is 2.97. The molecule has 0 fully saturated rings. The number of unbranched alkanes of at least 4 members (excludes halogenated alkanes) is 2. The van der Waals surface area contributed by atoms with Crippen molar-refractivity contribution >= 4 is 23.1 Å². The first-order valence-corrected chi connectivity index (χ1v) is 7.78. The summed E-state index contributed by atoms with van der Waals surface area (Å²) in [7, 11) is 1.74. The molecule has 7 heteroatoms. The molecule has 0 bridgehead atoms. The van der Waals surface area contributed by atoms with Gasteiger partial charge in [-0.1, -0.05) is 0 Å². The van der Waals surface area contributed by atoms with Crippen LogP contribution >= 0.6 is 0 Å². The van der Waals surface area contributed by atoms with Gasteiger partial charge >= 0.3 is 0 Å². The Bertz CT molecular complexity index is 607. The summed E-state index contributed by atoms with van der Waals surface area (Å²) in [5, 5.41) is 5.53. The highest BCUT2D eigenvalue weighted by atomic mass is 16.2. The fourth-order valence-electron chi connectivity index (χ4n) is 2.34. The second-order valence-corrected chi connectivity index (χ2v) is 5.33. The zero-order chi connectivity index (χ0) is 16.5. The molecular weight excluding hydrogens is 294 g/mol. The highest BCUT2D eigenvalue weighted by Gasteiger charge is 2.12. The molecule has 0 atom stereocenters. The lowest BCUT2D eigenvalue weighted by Crippen LogP contribution is -2.46. The minimum absolute atomic E-state index is 0.0172. The van der Waals surface area contributed by atoms with Crippen molar-refractivity contribution in [2.75, 3.05) is 20.1 Å². The van der Waals surface area contributed by atoms with Crippen molar-refractivity contribution in [1.29, 1.82) is 0 Å². The smallest absolute Gasteiger partial charge is 0.250 e. The highest BCUT2D eigenvalue weighted by Crippen LogP contribution is 2.13. The summed E-state index contributed by atoms with van der Waals surface area (Å²) >= 11 is 0. The van der Waals surface area contributed by atoms with E-state index in [4.69, 9.17) is 0 Å². The lowest BCUT2D eigenvalue weighted by atomic mass is 10.2. The van der Waals surface area contributed by atoms with E-state index in [0.29, 0.717) is 19.5 Å². The van der Waals surface area contributed by atoms with Crippen molar-refractivity contribution in [3.63, 3.8) is 0 Å². The van der Waals surface area contributed by atoms with Crippen LogP contribution in [0.5, 0.6) is 0 Å². The number of hydrogen-bond acceptors (Lipinski definition) is 5. The third kappa shape index (κ3) is 5.15. The molecule has 3 N–H and O–H groups in total. The van der Waals surface area contributed by atoms with Crippen LogP contribution in [-0.4, -0.2) is 47.3 Å². The number of amides is 1. The normalized spacial score (nSPS) is 10.8. The quantitative estimate of drug-likeness (QED) is 0.345. The number of pyridine rings is 1. The maximum absolute atomic E-state index is 12.1. The molecule has 0 spiro atoms. The van der Waals surface area contributed by atoms with E-state index in [9.17, 15) is 9.59 Å². The Morgan fingerprint density at radius 3 is 3.04 bits per heavy atom. The van der Waals surface area contributed by atoms with E-state index in [0.717, 1.165) is 35.7 Å². The third-order valence-electron chi connectivity index (χ3n) is 3.52. The lowest BCUT2D eigenvalue weighted by molar-refractivity contribution is -0.133. The standard InChI is InChI=1S/C16H23N5O2/c1-17-12-16(23)21(7-3-2-4-8-22)19-11-14-9-13-10-18-6-5-15(13)20-14/h5-6,8-10,17,19-20H,2-4,7,11-12H2,1H3. The zero-order valence-corrected chi connectivity index (χ0v) is 13.3. The molecule has 1 amide bonds. The molecule has 7 nitrogen and oxygen atoms in total. The van der Waals surface area contributed by atoms with Crippen LogP contribution in [0.15, 0.2) is 24.5 Å². The molecule has 2 rings (SSSR count). The largest absolute Gasteiger partial charge is 0.357 e. The first kappa shape index (κ1) is 17.1. The summed E-state index contributed by atoms with van der Waals surface area (Å²) in [6, 6.07) is 3.94. The number of nitrogens with one attached hydrogen (secondary N) is 3. The van der Waals surface area contributed by atoms with Gasteiger partial charge in [-0.3, -0.25) is 14.8 Å². The second kappa shape index (κ2) is 9.02. The predicted octanol–water partition coefficient (Wildman–Crippen LogP) is 0.985. The van der Waals surface area contributed by atoms with Crippen molar-refractivity contribution in [2.24, 2.45) is 0 Å². The van der Waals surface area contributed by atoms with Gasteiger partial charge in [-0.05, 0) is 32.0 Å². The van der Waals surface area contributed by atoms with Gasteiger partial charge in [0.25, 0.3) is 5.91 Å². The summed E-state index contributed by atoms with van der Waals surface area (Å²) < 4.78 is 0. The van der Waals surface area contributed by atoms with Crippen molar-refractivity contribution in [1.82, 2.24) is 25.7 Å². The maximum Gasteiger partial charge on any atom is 0.250 e. The second-order valence-electron chi connectivity index (χ2n) is 5.33. The molecule has 0 aliphatic carbocycles. The monoisotopic (exact) mass is 317 g/mol. The Labute approximate surface area is 135 Å². The number of aldehydes is 1. The fraction of sp³-hybridized carbons (Fsp3) is 0.438. The van der Waals surface area contributed by atoms with Crippen LogP contribution in [0.2, 0.25) is 0 Å². The number of carbonyl (C=O) groups excluding carboxylic acids is 2. The molecule has 2 aromatic heterocycles. The molecule has 0 aromatic carbocycles. The van der Waals surface area contributed by atoms with Crippen molar-refractivity contribution in [3.05, 3.63) is 30.2 Å². The topological polar surface area (TPSA) is 90.1 Å². The number of carbonyl (C=O) groups is 2. The Morgan fingerprint density at radius 2 is 2.30 bits per heavy atom. The highest BCUT2D eigenvalue weighted by molar-refractivity contribution is 5.79. The number of rotatable bonds is 10. The van der Waals surface area contributed by atoms with Gasteiger partial charge in [0.15, 0.2) is 0 Å². The fourth-order valence-corrected chi connectivity index (χ4v) is 2.34. The number of aromatic amines is 1. The molecule has 0 saturated heterocycles. The van der Waals surface area contributed by atoms with Crippen LogP contribution < -0.4 is 10.7 Å². The van der Waals surface area contributed by atoms with Crippen LogP contribution in [0.1, 0.15) is 25.0 Å². The molecule has 124 valence electrons. The molecule has 23 heavy (non-hydrogen) atoms. The van der Waals surface area contributed by atoms with E-state index in [1.54, 1.807) is 24.5 Å². The summed E-state index contributed by atoms with van der Waals surface area (Å²) in [6.45, 7) is 1.38. The van der Waals surface area contributed by atoms with Crippen LogP contribution in [0.25, 0.3) is 10.9 Å². The molecule has 2 aromatic rings. The SMILES string of the molecule is CNCC(=O)N(CCCCC=O)NCc1cc2cnccc2[nH]1. The molecule has 0 saturated carbocycles. The first-order valence-electron chi connectivity index (χ1n) is 7.78. The van der Waals surface area contributed by atoms with Gasteiger partial charge in [0.05, 0.1) is 13.1 Å². The molecule has 0 aliphatic heterocycles. The van der Waals surface area contributed by atoms with E-state index in [1.165, 1.54) is 0 Å². The van der Waals surface area contributed by atoms with Gasteiger partial charge < -0.3 is 15.1 Å². The Hall–Kier alpha value is -2.25. The predicted molar refractivity (Wildman–Crippen MR) is 88.5 cm³/mol. The molecule has 0 unspecified atom stereocenters.